The predicted octanol–water partition coefficient (Wildman–Crippen LogP) is 16.0. The van der Waals surface area contributed by atoms with Crippen LogP contribution in [0, 0.1) is 0 Å². The lowest BCUT2D eigenvalue weighted by Gasteiger charge is -2.27. The number of hydrogen-bond donors (Lipinski definition) is 0. The smallest absolute Gasteiger partial charge is 0.0467 e. The summed E-state index contributed by atoms with van der Waals surface area (Å²) in [6, 6.07) is 73.5. The van der Waals surface area contributed by atoms with Gasteiger partial charge < -0.3 is 4.90 Å². The van der Waals surface area contributed by atoms with Gasteiger partial charge in [0.1, 0.15) is 0 Å². The predicted molar refractivity (Wildman–Crippen MR) is 241 cm³/mol. The molecule has 0 aliphatic carbocycles. The van der Waals surface area contributed by atoms with Crippen molar-refractivity contribution in [3.63, 3.8) is 0 Å². The number of hydrogen-bond acceptors (Lipinski definition) is 3. The van der Waals surface area contributed by atoms with E-state index in [9.17, 15) is 0 Å². The van der Waals surface area contributed by atoms with E-state index in [1.165, 1.54) is 84.5 Å². The molecule has 11 rings (SSSR count). The SMILES string of the molecule is c1cc(-c2ccc3ccccc3c2)cc(N(c2cccc(-c3cccc4c3sc3ccccc34)c2)c2cccc(-c3cccc4sc5ccccc5c34)c2)c1. The Kier molecular flexibility index (Phi) is 7.61. The molecule has 0 N–H and O–H groups in total. The zero-order valence-corrected chi connectivity index (χ0v) is 31.4. The molecule has 0 fully saturated rings. The molecule has 0 spiro atoms. The van der Waals surface area contributed by atoms with Crippen molar-refractivity contribution in [3.05, 3.63) is 200 Å². The minimum atomic E-state index is 1.11. The van der Waals surface area contributed by atoms with Gasteiger partial charge in [-0.05, 0) is 105 Å². The van der Waals surface area contributed by atoms with E-state index in [-0.39, 0.29) is 0 Å². The van der Waals surface area contributed by atoms with Crippen LogP contribution >= 0.6 is 22.7 Å². The Morgan fingerprint density at radius 1 is 0.309 bits per heavy atom. The fraction of sp³-hybridized carbons (Fsp3) is 0. The molecular formula is C52H33NS2. The quantitative estimate of drug-likeness (QED) is 0.164. The summed E-state index contributed by atoms with van der Waals surface area (Å²) in [5, 5.41) is 7.76. The van der Waals surface area contributed by atoms with Crippen LogP contribution in [0.5, 0.6) is 0 Å². The van der Waals surface area contributed by atoms with E-state index in [1.54, 1.807) is 0 Å². The second kappa shape index (κ2) is 13.1. The van der Waals surface area contributed by atoms with E-state index in [0.29, 0.717) is 0 Å². The van der Waals surface area contributed by atoms with E-state index in [1.807, 2.05) is 22.7 Å². The molecular weight excluding hydrogens is 703 g/mol. The zero-order chi connectivity index (χ0) is 36.3. The van der Waals surface area contributed by atoms with Crippen molar-refractivity contribution in [2.75, 3.05) is 4.90 Å². The van der Waals surface area contributed by atoms with Crippen LogP contribution < -0.4 is 4.90 Å². The van der Waals surface area contributed by atoms with Gasteiger partial charge in [0.25, 0.3) is 0 Å². The van der Waals surface area contributed by atoms with Gasteiger partial charge in [0.15, 0.2) is 0 Å². The Bertz CT molecular complexity index is 3240. The summed E-state index contributed by atoms with van der Waals surface area (Å²) in [6.07, 6.45) is 0. The highest BCUT2D eigenvalue weighted by atomic mass is 32.1. The summed E-state index contributed by atoms with van der Waals surface area (Å²) >= 11 is 3.75. The minimum absolute atomic E-state index is 1.11. The maximum Gasteiger partial charge on any atom is 0.0467 e. The Morgan fingerprint density at radius 3 is 1.62 bits per heavy atom. The van der Waals surface area contributed by atoms with E-state index in [4.69, 9.17) is 0 Å². The van der Waals surface area contributed by atoms with Crippen molar-refractivity contribution in [2.24, 2.45) is 0 Å². The van der Waals surface area contributed by atoms with Crippen molar-refractivity contribution in [2.45, 2.75) is 0 Å². The third-order valence-electron chi connectivity index (χ3n) is 10.8. The van der Waals surface area contributed by atoms with Gasteiger partial charge in [-0.3, -0.25) is 0 Å². The van der Waals surface area contributed by atoms with Gasteiger partial charge in [-0.1, -0.05) is 140 Å². The van der Waals surface area contributed by atoms with Gasteiger partial charge >= 0.3 is 0 Å². The number of anilines is 3. The highest BCUT2D eigenvalue weighted by molar-refractivity contribution is 7.26. The highest BCUT2D eigenvalue weighted by Gasteiger charge is 2.18. The molecule has 0 atom stereocenters. The van der Waals surface area contributed by atoms with Crippen LogP contribution in [-0.4, -0.2) is 0 Å². The van der Waals surface area contributed by atoms with Crippen LogP contribution in [0.15, 0.2) is 200 Å². The maximum atomic E-state index is 2.43. The lowest BCUT2D eigenvalue weighted by atomic mass is 9.98. The van der Waals surface area contributed by atoms with Crippen LogP contribution in [0.2, 0.25) is 0 Å². The molecule has 3 heteroatoms. The van der Waals surface area contributed by atoms with Crippen molar-refractivity contribution < 1.29 is 0 Å². The molecule has 11 aromatic rings. The van der Waals surface area contributed by atoms with Crippen LogP contribution in [0.3, 0.4) is 0 Å². The van der Waals surface area contributed by atoms with Gasteiger partial charge in [0, 0.05) is 57.4 Å². The molecule has 9 aromatic carbocycles. The Morgan fingerprint density at radius 2 is 0.836 bits per heavy atom. The number of benzene rings is 9. The second-order valence-corrected chi connectivity index (χ2v) is 16.2. The molecule has 0 amide bonds. The Labute approximate surface area is 327 Å². The first-order valence-electron chi connectivity index (χ1n) is 18.7. The molecule has 0 bridgehead atoms. The van der Waals surface area contributed by atoms with Crippen molar-refractivity contribution >= 4 is 90.9 Å². The molecule has 0 radical (unpaired) electrons. The zero-order valence-electron chi connectivity index (χ0n) is 29.8. The summed E-state index contributed by atoms with van der Waals surface area (Å²) in [5.41, 5.74) is 10.6. The normalized spacial score (nSPS) is 11.6. The Hall–Kier alpha value is -6.52. The number of thiophene rings is 2. The maximum absolute atomic E-state index is 2.43. The second-order valence-electron chi connectivity index (χ2n) is 14.1. The van der Waals surface area contributed by atoms with Gasteiger partial charge in [-0.25, -0.2) is 0 Å². The van der Waals surface area contributed by atoms with Crippen molar-refractivity contribution in [1.82, 2.24) is 0 Å². The molecule has 2 aromatic heterocycles. The summed E-state index contributed by atoms with van der Waals surface area (Å²) in [6.45, 7) is 0. The Balaban J connectivity index is 1.10. The van der Waals surface area contributed by atoms with E-state index in [0.717, 1.165) is 17.1 Å². The molecule has 0 saturated heterocycles. The minimum Gasteiger partial charge on any atom is -0.310 e. The molecule has 0 unspecified atom stereocenters. The van der Waals surface area contributed by atoms with Gasteiger partial charge in [-0.15, -0.1) is 22.7 Å². The summed E-state index contributed by atoms with van der Waals surface area (Å²) < 4.78 is 5.27. The first-order valence-corrected chi connectivity index (χ1v) is 20.3. The fourth-order valence-corrected chi connectivity index (χ4v) is 10.6. The largest absolute Gasteiger partial charge is 0.310 e. The van der Waals surface area contributed by atoms with Gasteiger partial charge in [0.2, 0.25) is 0 Å². The topological polar surface area (TPSA) is 3.24 Å². The first-order chi connectivity index (χ1) is 27.2. The standard InChI is InChI=1S/C52H33NS2/c1-2-13-35-30-37(29-28-34(35)12-1)36-14-7-17-40(31-36)53(41-18-8-15-38(32-41)43-22-11-27-50-51(43)47-21-4-6-26-49(47)54-50)42-19-9-16-39(33-42)44-23-10-24-46-45-20-3-5-25-48(45)55-52(44)46/h1-33H. The van der Waals surface area contributed by atoms with Crippen LogP contribution in [-0.2, 0) is 0 Å². The molecule has 0 aliphatic rings. The number of fused-ring (bicyclic) bond motifs is 7. The molecule has 258 valence electrons. The molecule has 0 aliphatic heterocycles. The molecule has 55 heavy (non-hydrogen) atoms. The van der Waals surface area contributed by atoms with E-state index >= 15 is 0 Å². The van der Waals surface area contributed by atoms with E-state index < -0.39 is 0 Å². The van der Waals surface area contributed by atoms with Crippen LogP contribution in [0.1, 0.15) is 0 Å². The summed E-state index contributed by atoms with van der Waals surface area (Å²) in [5.74, 6) is 0. The monoisotopic (exact) mass is 735 g/mol. The average molecular weight is 736 g/mol. The van der Waals surface area contributed by atoms with Crippen molar-refractivity contribution in [3.8, 4) is 33.4 Å². The molecule has 2 heterocycles. The van der Waals surface area contributed by atoms with E-state index in [2.05, 4.69) is 205 Å². The summed E-state index contributed by atoms with van der Waals surface area (Å²) in [7, 11) is 0. The lowest BCUT2D eigenvalue weighted by Crippen LogP contribution is -2.10. The molecule has 1 nitrogen and oxygen atoms in total. The average Bonchev–Trinajstić information content (AvgIpc) is 3.83. The summed E-state index contributed by atoms with van der Waals surface area (Å²) in [4.78, 5) is 2.43. The van der Waals surface area contributed by atoms with Crippen molar-refractivity contribution in [1.29, 1.82) is 0 Å². The molecule has 0 saturated carbocycles. The van der Waals surface area contributed by atoms with Crippen LogP contribution in [0.4, 0.5) is 17.1 Å². The van der Waals surface area contributed by atoms with Crippen LogP contribution in [0.25, 0.3) is 84.5 Å². The first kappa shape index (κ1) is 32.0. The third-order valence-corrected chi connectivity index (χ3v) is 13.2. The highest BCUT2D eigenvalue weighted by Crippen LogP contribution is 2.45. The van der Waals surface area contributed by atoms with Gasteiger partial charge in [0.05, 0.1) is 0 Å². The fourth-order valence-electron chi connectivity index (χ4n) is 8.26. The van der Waals surface area contributed by atoms with Gasteiger partial charge in [-0.2, -0.15) is 0 Å². The third kappa shape index (κ3) is 5.51. The number of nitrogens with zero attached hydrogens (tertiary/aromatic N) is 1. The number of rotatable bonds is 6. The lowest BCUT2D eigenvalue weighted by molar-refractivity contribution is 1.28.